The number of nitrogens with one attached hydrogen (secondary N) is 1. The van der Waals surface area contributed by atoms with E-state index < -0.39 is 0 Å². The van der Waals surface area contributed by atoms with E-state index in [9.17, 15) is 4.79 Å². The molecule has 0 aliphatic carbocycles. The molecule has 1 aromatic heterocycles. The molecule has 2 aliphatic heterocycles. The van der Waals surface area contributed by atoms with Crippen LogP contribution in [0.3, 0.4) is 0 Å². The van der Waals surface area contributed by atoms with Crippen molar-refractivity contribution in [2.45, 2.75) is 39.0 Å². The molecule has 3 rings (SSSR count). The lowest BCUT2D eigenvalue weighted by Gasteiger charge is -2.39. The number of nitrogens with zero attached hydrogens (tertiary/aromatic N) is 2. The van der Waals surface area contributed by atoms with Gasteiger partial charge in [0.1, 0.15) is 0 Å². The first-order valence-electron chi connectivity index (χ1n) is 7.60. The van der Waals surface area contributed by atoms with Crippen LogP contribution in [0, 0.1) is 5.41 Å². The molecule has 0 saturated carbocycles. The zero-order chi connectivity index (χ0) is 14.2. The Morgan fingerprint density at radius 2 is 2.20 bits per heavy atom. The highest BCUT2D eigenvalue weighted by molar-refractivity contribution is 5.85. The van der Waals surface area contributed by atoms with E-state index >= 15 is 0 Å². The van der Waals surface area contributed by atoms with Crippen molar-refractivity contribution in [3.63, 3.8) is 0 Å². The van der Waals surface area contributed by atoms with E-state index in [1.54, 1.807) is 0 Å². The van der Waals surface area contributed by atoms with E-state index in [0.717, 1.165) is 50.3 Å². The van der Waals surface area contributed by atoms with Gasteiger partial charge in [0.15, 0.2) is 0 Å². The van der Waals surface area contributed by atoms with Gasteiger partial charge in [0.05, 0.1) is 17.3 Å². The van der Waals surface area contributed by atoms with Crippen LogP contribution in [-0.2, 0) is 4.79 Å². The molecule has 0 radical (unpaired) electrons. The third kappa shape index (κ3) is 2.28. The van der Waals surface area contributed by atoms with Crippen LogP contribution in [0.25, 0.3) is 0 Å². The van der Waals surface area contributed by atoms with Crippen molar-refractivity contribution in [1.82, 2.24) is 10.3 Å². The number of carbonyl (C=O) groups is 1. The van der Waals surface area contributed by atoms with E-state index in [0.29, 0.717) is 5.92 Å². The van der Waals surface area contributed by atoms with Gasteiger partial charge in [-0.05, 0) is 37.3 Å². The van der Waals surface area contributed by atoms with Gasteiger partial charge in [0.2, 0.25) is 5.91 Å². The molecule has 3 heterocycles. The van der Waals surface area contributed by atoms with E-state index in [1.807, 2.05) is 6.20 Å². The second-order valence-electron chi connectivity index (χ2n) is 6.41. The zero-order valence-corrected chi connectivity index (χ0v) is 12.4. The Morgan fingerprint density at radius 3 is 2.80 bits per heavy atom. The lowest BCUT2D eigenvalue weighted by atomic mass is 9.78. The summed E-state index contributed by atoms with van der Waals surface area (Å²) >= 11 is 0. The third-order valence-corrected chi connectivity index (χ3v) is 4.68. The SMILES string of the molecule is CC(C)c1ccc(N2CCC[C@@]3(CCNC3=O)C2)cn1. The van der Waals surface area contributed by atoms with E-state index in [-0.39, 0.29) is 11.3 Å². The molecule has 108 valence electrons. The van der Waals surface area contributed by atoms with E-state index in [1.165, 1.54) is 0 Å². The number of hydrogen-bond donors (Lipinski definition) is 1. The monoisotopic (exact) mass is 273 g/mol. The highest BCUT2D eigenvalue weighted by Gasteiger charge is 2.45. The van der Waals surface area contributed by atoms with Crippen molar-refractivity contribution in [2.75, 3.05) is 24.5 Å². The van der Waals surface area contributed by atoms with Gasteiger partial charge in [0, 0.05) is 25.3 Å². The fraction of sp³-hybridized carbons (Fsp3) is 0.625. The Bertz CT molecular complexity index is 497. The van der Waals surface area contributed by atoms with Crippen LogP contribution in [0.15, 0.2) is 18.3 Å². The Kier molecular flexibility index (Phi) is 3.40. The first-order chi connectivity index (χ1) is 9.61. The van der Waals surface area contributed by atoms with Gasteiger partial charge in [-0.2, -0.15) is 0 Å². The fourth-order valence-corrected chi connectivity index (χ4v) is 3.38. The number of pyridine rings is 1. The summed E-state index contributed by atoms with van der Waals surface area (Å²) in [4.78, 5) is 19.0. The molecule has 4 nitrogen and oxygen atoms in total. The standard InChI is InChI=1S/C16H23N3O/c1-12(2)14-5-4-13(10-18-14)19-9-3-6-16(11-19)7-8-17-15(16)20/h4-5,10,12H,3,6-9,11H2,1-2H3,(H,17,20)/t16-/m1/s1. The Morgan fingerprint density at radius 1 is 1.35 bits per heavy atom. The summed E-state index contributed by atoms with van der Waals surface area (Å²) in [5.74, 6) is 0.700. The van der Waals surface area contributed by atoms with Crippen LogP contribution in [0.1, 0.15) is 44.7 Å². The molecule has 1 atom stereocenters. The third-order valence-electron chi connectivity index (χ3n) is 4.68. The number of amides is 1. The number of carbonyl (C=O) groups excluding carboxylic acids is 1. The summed E-state index contributed by atoms with van der Waals surface area (Å²) < 4.78 is 0. The Balaban J connectivity index is 1.78. The summed E-state index contributed by atoms with van der Waals surface area (Å²) in [7, 11) is 0. The average Bonchev–Trinajstić information content (AvgIpc) is 2.80. The molecule has 1 aromatic rings. The average molecular weight is 273 g/mol. The number of aromatic nitrogens is 1. The van der Waals surface area contributed by atoms with Crippen molar-refractivity contribution in [1.29, 1.82) is 0 Å². The molecule has 1 N–H and O–H groups in total. The topological polar surface area (TPSA) is 45.2 Å². The normalized spacial score (nSPS) is 26.4. The Labute approximate surface area is 120 Å². The summed E-state index contributed by atoms with van der Waals surface area (Å²) in [5.41, 5.74) is 2.11. The van der Waals surface area contributed by atoms with Gasteiger partial charge >= 0.3 is 0 Å². The van der Waals surface area contributed by atoms with E-state index in [2.05, 4.69) is 41.2 Å². The lowest BCUT2D eigenvalue weighted by molar-refractivity contribution is -0.128. The minimum atomic E-state index is -0.158. The van der Waals surface area contributed by atoms with Crippen molar-refractivity contribution in [2.24, 2.45) is 5.41 Å². The van der Waals surface area contributed by atoms with Crippen LogP contribution in [0.4, 0.5) is 5.69 Å². The first-order valence-corrected chi connectivity index (χ1v) is 7.60. The largest absolute Gasteiger partial charge is 0.369 e. The number of piperidine rings is 1. The maximum absolute atomic E-state index is 12.1. The zero-order valence-electron chi connectivity index (χ0n) is 12.4. The quantitative estimate of drug-likeness (QED) is 0.899. The highest BCUT2D eigenvalue weighted by Crippen LogP contribution is 2.38. The lowest BCUT2D eigenvalue weighted by Crippen LogP contribution is -2.47. The predicted octanol–water partition coefficient (Wildman–Crippen LogP) is 2.31. The smallest absolute Gasteiger partial charge is 0.228 e. The molecule has 1 amide bonds. The molecule has 4 heteroatoms. The predicted molar refractivity (Wildman–Crippen MR) is 79.8 cm³/mol. The van der Waals surface area contributed by atoms with Crippen molar-refractivity contribution in [3.8, 4) is 0 Å². The minimum absolute atomic E-state index is 0.158. The molecule has 0 aromatic carbocycles. The van der Waals surface area contributed by atoms with Crippen LogP contribution in [0.5, 0.6) is 0 Å². The maximum atomic E-state index is 12.1. The molecule has 0 bridgehead atoms. The fourth-order valence-electron chi connectivity index (χ4n) is 3.38. The summed E-state index contributed by atoms with van der Waals surface area (Å²) in [5, 5.41) is 2.99. The van der Waals surface area contributed by atoms with Crippen molar-refractivity contribution in [3.05, 3.63) is 24.0 Å². The number of rotatable bonds is 2. The summed E-state index contributed by atoms with van der Waals surface area (Å²) in [6, 6.07) is 4.25. The molecule has 2 saturated heterocycles. The van der Waals surface area contributed by atoms with Gasteiger partial charge in [-0.15, -0.1) is 0 Å². The maximum Gasteiger partial charge on any atom is 0.228 e. The van der Waals surface area contributed by atoms with Crippen molar-refractivity contribution >= 4 is 11.6 Å². The van der Waals surface area contributed by atoms with E-state index in [4.69, 9.17) is 0 Å². The van der Waals surface area contributed by atoms with Crippen LogP contribution in [0.2, 0.25) is 0 Å². The molecular formula is C16H23N3O. The summed E-state index contributed by atoms with van der Waals surface area (Å²) in [6.45, 7) is 7.00. The second-order valence-corrected chi connectivity index (χ2v) is 6.41. The Hall–Kier alpha value is -1.58. The molecule has 2 aliphatic rings. The number of hydrogen-bond acceptors (Lipinski definition) is 3. The van der Waals surface area contributed by atoms with Gasteiger partial charge < -0.3 is 10.2 Å². The van der Waals surface area contributed by atoms with Crippen LogP contribution >= 0.6 is 0 Å². The molecule has 20 heavy (non-hydrogen) atoms. The minimum Gasteiger partial charge on any atom is -0.369 e. The molecule has 0 unspecified atom stereocenters. The van der Waals surface area contributed by atoms with Crippen LogP contribution < -0.4 is 10.2 Å². The van der Waals surface area contributed by atoms with Gasteiger partial charge in [0.25, 0.3) is 0 Å². The van der Waals surface area contributed by atoms with Crippen LogP contribution in [-0.4, -0.2) is 30.5 Å². The van der Waals surface area contributed by atoms with Gasteiger partial charge in [-0.3, -0.25) is 9.78 Å². The molecule has 2 fully saturated rings. The highest BCUT2D eigenvalue weighted by atomic mass is 16.2. The van der Waals surface area contributed by atoms with Gasteiger partial charge in [-0.25, -0.2) is 0 Å². The molecular weight excluding hydrogens is 250 g/mol. The summed E-state index contributed by atoms with van der Waals surface area (Å²) in [6.07, 6.45) is 5.03. The number of anilines is 1. The second kappa shape index (κ2) is 5.08. The van der Waals surface area contributed by atoms with Crippen molar-refractivity contribution < 1.29 is 4.79 Å². The van der Waals surface area contributed by atoms with Gasteiger partial charge in [-0.1, -0.05) is 13.8 Å². The first kappa shape index (κ1) is 13.4. The molecule has 1 spiro atoms.